The van der Waals surface area contributed by atoms with Crippen LogP contribution in [0.5, 0.6) is 0 Å². The van der Waals surface area contributed by atoms with E-state index in [1.807, 2.05) is 6.92 Å². The molecule has 0 radical (unpaired) electrons. The second-order valence-electron chi connectivity index (χ2n) is 3.27. The Kier molecular flexibility index (Phi) is 2.54. The molecule has 2 aromatic rings. The first kappa shape index (κ1) is 10.1. The van der Waals surface area contributed by atoms with Gasteiger partial charge in [-0.25, -0.2) is 0 Å². The molecule has 8 heteroatoms. The number of hydrogen-bond acceptors (Lipinski definition) is 5. The van der Waals surface area contributed by atoms with E-state index < -0.39 is 0 Å². The number of hydrogen-bond donors (Lipinski definition) is 4. The van der Waals surface area contributed by atoms with Gasteiger partial charge in [0.25, 0.3) is 5.91 Å². The minimum atomic E-state index is -0.363. The van der Waals surface area contributed by atoms with Gasteiger partial charge in [-0.15, -0.1) is 5.10 Å². The van der Waals surface area contributed by atoms with Crippen molar-refractivity contribution in [1.82, 2.24) is 30.7 Å². The molecule has 2 rings (SSSR count). The van der Waals surface area contributed by atoms with Gasteiger partial charge in [0.2, 0.25) is 11.8 Å². The lowest BCUT2D eigenvalue weighted by Gasteiger charge is -2.09. The standard InChI is InChI=1S/C8H11N7O/c1-4(5-2-10-11-3-5)12-7(16)6-13-8(9)15-14-6/h2-4H,1H3,(H,10,11)(H,12,16)(H3,9,13,14,15). The number of anilines is 1. The molecule has 0 fully saturated rings. The highest BCUT2D eigenvalue weighted by molar-refractivity contribution is 5.90. The molecular weight excluding hydrogens is 210 g/mol. The first-order valence-corrected chi connectivity index (χ1v) is 4.64. The van der Waals surface area contributed by atoms with Crippen LogP contribution in [-0.2, 0) is 0 Å². The van der Waals surface area contributed by atoms with Crippen molar-refractivity contribution in [2.45, 2.75) is 13.0 Å². The average Bonchev–Trinajstić information content (AvgIpc) is 2.87. The minimum absolute atomic E-state index is 0.0427. The number of nitrogens with two attached hydrogens (primary N) is 1. The maximum Gasteiger partial charge on any atom is 0.289 e. The van der Waals surface area contributed by atoms with E-state index in [-0.39, 0.29) is 23.7 Å². The Morgan fingerprint density at radius 3 is 3.00 bits per heavy atom. The summed E-state index contributed by atoms with van der Waals surface area (Å²) in [6.45, 7) is 1.84. The quantitative estimate of drug-likeness (QED) is 0.561. The maximum atomic E-state index is 11.6. The Balaban J connectivity index is 2.03. The van der Waals surface area contributed by atoms with Crippen LogP contribution in [0.3, 0.4) is 0 Å². The number of H-pyrrole nitrogens is 2. The molecule has 0 aliphatic heterocycles. The molecule has 2 heterocycles. The second-order valence-corrected chi connectivity index (χ2v) is 3.27. The van der Waals surface area contributed by atoms with E-state index in [0.717, 1.165) is 5.56 Å². The molecule has 0 aliphatic carbocycles. The first-order valence-electron chi connectivity index (χ1n) is 4.64. The van der Waals surface area contributed by atoms with Gasteiger partial charge in [-0.1, -0.05) is 0 Å². The van der Waals surface area contributed by atoms with Gasteiger partial charge in [-0.2, -0.15) is 10.1 Å². The SMILES string of the molecule is CC(NC(=O)c1nc(N)n[nH]1)c1cn[nH]c1. The molecule has 0 aromatic carbocycles. The predicted molar refractivity (Wildman–Crippen MR) is 55.3 cm³/mol. The largest absolute Gasteiger partial charge is 0.366 e. The normalized spacial score (nSPS) is 12.3. The molecule has 1 amide bonds. The molecule has 8 nitrogen and oxygen atoms in total. The van der Waals surface area contributed by atoms with Crippen molar-refractivity contribution in [2.24, 2.45) is 0 Å². The third-order valence-electron chi connectivity index (χ3n) is 2.08. The van der Waals surface area contributed by atoms with Crippen LogP contribution in [0.25, 0.3) is 0 Å². The van der Waals surface area contributed by atoms with Gasteiger partial charge in [0.1, 0.15) is 0 Å². The topological polar surface area (TPSA) is 125 Å². The molecule has 1 atom stereocenters. The van der Waals surface area contributed by atoms with Crippen LogP contribution in [0.2, 0.25) is 0 Å². The van der Waals surface area contributed by atoms with Crippen molar-refractivity contribution in [3.05, 3.63) is 23.8 Å². The summed E-state index contributed by atoms with van der Waals surface area (Å²) in [5.41, 5.74) is 6.17. The van der Waals surface area contributed by atoms with Crippen LogP contribution in [0.1, 0.15) is 29.1 Å². The number of aromatic amines is 2. The predicted octanol–water partition coefficient (Wildman–Crippen LogP) is -0.399. The van der Waals surface area contributed by atoms with Crippen LogP contribution in [0, 0.1) is 0 Å². The first-order chi connectivity index (χ1) is 7.66. The van der Waals surface area contributed by atoms with Gasteiger partial charge in [0, 0.05) is 11.8 Å². The van der Waals surface area contributed by atoms with E-state index in [9.17, 15) is 4.79 Å². The van der Waals surface area contributed by atoms with Gasteiger partial charge in [-0.05, 0) is 6.92 Å². The molecule has 2 aromatic heterocycles. The summed E-state index contributed by atoms with van der Waals surface area (Å²) in [6.07, 6.45) is 3.35. The molecule has 16 heavy (non-hydrogen) atoms. The van der Waals surface area contributed by atoms with Crippen molar-refractivity contribution in [3.63, 3.8) is 0 Å². The van der Waals surface area contributed by atoms with Crippen molar-refractivity contribution >= 4 is 11.9 Å². The fourth-order valence-corrected chi connectivity index (χ4v) is 1.22. The Bertz CT molecular complexity index is 474. The van der Waals surface area contributed by atoms with Crippen molar-refractivity contribution in [2.75, 3.05) is 5.73 Å². The van der Waals surface area contributed by atoms with Gasteiger partial charge < -0.3 is 11.1 Å². The van der Waals surface area contributed by atoms with E-state index in [0.29, 0.717) is 0 Å². The molecular formula is C8H11N7O. The molecule has 5 N–H and O–H groups in total. The zero-order valence-electron chi connectivity index (χ0n) is 8.56. The fraction of sp³-hybridized carbons (Fsp3) is 0.250. The summed E-state index contributed by atoms with van der Waals surface area (Å²) in [5, 5.41) is 15.2. The molecule has 1 unspecified atom stereocenters. The summed E-state index contributed by atoms with van der Waals surface area (Å²) < 4.78 is 0. The van der Waals surface area contributed by atoms with E-state index in [1.165, 1.54) is 0 Å². The minimum Gasteiger partial charge on any atom is -0.366 e. The summed E-state index contributed by atoms with van der Waals surface area (Å²) in [4.78, 5) is 15.4. The van der Waals surface area contributed by atoms with Crippen LogP contribution >= 0.6 is 0 Å². The number of nitrogen functional groups attached to an aromatic ring is 1. The highest BCUT2D eigenvalue weighted by Crippen LogP contribution is 2.09. The van der Waals surface area contributed by atoms with Crippen LogP contribution < -0.4 is 11.1 Å². The Labute approximate surface area is 90.6 Å². The summed E-state index contributed by atoms with van der Waals surface area (Å²) in [5.74, 6) is -0.230. The van der Waals surface area contributed by atoms with Crippen LogP contribution in [0.4, 0.5) is 5.95 Å². The Morgan fingerprint density at radius 2 is 2.44 bits per heavy atom. The lowest BCUT2D eigenvalue weighted by atomic mass is 10.2. The fourth-order valence-electron chi connectivity index (χ4n) is 1.22. The molecule has 0 spiro atoms. The number of rotatable bonds is 3. The molecule has 0 saturated heterocycles. The number of carbonyl (C=O) groups excluding carboxylic acids is 1. The van der Waals surface area contributed by atoms with Gasteiger partial charge in [0.15, 0.2) is 0 Å². The molecule has 0 aliphatic rings. The van der Waals surface area contributed by atoms with Crippen molar-refractivity contribution in [3.8, 4) is 0 Å². The zero-order valence-corrected chi connectivity index (χ0v) is 8.56. The van der Waals surface area contributed by atoms with Gasteiger partial charge in [0.05, 0.1) is 12.2 Å². The molecule has 0 saturated carbocycles. The van der Waals surface area contributed by atoms with Gasteiger partial charge in [-0.3, -0.25) is 15.0 Å². The summed E-state index contributed by atoms with van der Waals surface area (Å²) in [7, 11) is 0. The summed E-state index contributed by atoms with van der Waals surface area (Å²) in [6, 6.07) is -0.169. The highest BCUT2D eigenvalue weighted by Gasteiger charge is 2.14. The van der Waals surface area contributed by atoms with Crippen molar-refractivity contribution < 1.29 is 4.79 Å². The number of aromatic nitrogens is 5. The summed E-state index contributed by atoms with van der Waals surface area (Å²) >= 11 is 0. The Morgan fingerprint density at radius 1 is 1.62 bits per heavy atom. The van der Waals surface area contributed by atoms with Crippen molar-refractivity contribution in [1.29, 1.82) is 0 Å². The third kappa shape index (κ3) is 2.00. The Hall–Kier alpha value is -2.38. The van der Waals surface area contributed by atoms with E-state index in [2.05, 4.69) is 30.7 Å². The third-order valence-corrected chi connectivity index (χ3v) is 2.08. The number of carbonyl (C=O) groups is 1. The molecule has 84 valence electrons. The number of nitrogens with zero attached hydrogens (tertiary/aromatic N) is 3. The maximum absolute atomic E-state index is 11.6. The lowest BCUT2D eigenvalue weighted by Crippen LogP contribution is -2.27. The monoisotopic (exact) mass is 221 g/mol. The van der Waals surface area contributed by atoms with E-state index >= 15 is 0 Å². The van der Waals surface area contributed by atoms with E-state index in [4.69, 9.17) is 5.73 Å². The van der Waals surface area contributed by atoms with Gasteiger partial charge >= 0.3 is 0 Å². The number of amides is 1. The molecule has 0 bridgehead atoms. The lowest BCUT2D eigenvalue weighted by molar-refractivity contribution is 0.0930. The average molecular weight is 221 g/mol. The highest BCUT2D eigenvalue weighted by atomic mass is 16.2. The second kappa shape index (κ2) is 4.01. The number of nitrogens with one attached hydrogen (secondary N) is 3. The zero-order chi connectivity index (χ0) is 11.5. The van der Waals surface area contributed by atoms with E-state index in [1.54, 1.807) is 12.4 Å². The van der Waals surface area contributed by atoms with Crippen LogP contribution in [-0.4, -0.2) is 31.3 Å². The van der Waals surface area contributed by atoms with Crippen LogP contribution in [0.15, 0.2) is 12.4 Å². The smallest absolute Gasteiger partial charge is 0.289 e.